The van der Waals surface area contributed by atoms with E-state index < -0.39 is 28.4 Å². The minimum absolute atomic E-state index is 0.0492. The number of hydrogen-bond acceptors (Lipinski definition) is 5. The summed E-state index contributed by atoms with van der Waals surface area (Å²) in [5.41, 5.74) is -1.11. The zero-order valence-electron chi connectivity index (χ0n) is 15.5. The Kier molecular flexibility index (Phi) is 5.44. The number of ether oxygens (including phenoxy) is 1. The summed E-state index contributed by atoms with van der Waals surface area (Å²) in [7, 11) is 3.27. The van der Waals surface area contributed by atoms with Crippen LogP contribution in [0.1, 0.15) is 23.0 Å². The van der Waals surface area contributed by atoms with Crippen molar-refractivity contribution >= 4 is 11.4 Å². The quantitative estimate of drug-likeness (QED) is 0.479. The lowest BCUT2D eigenvalue weighted by Crippen LogP contribution is -2.18. The van der Waals surface area contributed by atoms with Crippen molar-refractivity contribution in [3.05, 3.63) is 81.9 Å². The molecule has 152 valence electrons. The van der Waals surface area contributed by atoms with Crippen LogP contribution in [-0.2, 0) is 13.2 Å². The van der Waals surface area contributed by atoms with Gasteiger partial charge in [-0.25, -0.2) is 4.98 Å². The first-order chi connectivity index (χ1) is 13.7. The third kappa shape index (κ3) is 4.31. The smallest absolute Gasteiger partial charge is 0.416 e. The van der Waals surface area contributed by atoms with Gasteiger partial charge in [-0.1, -0.05) is 12.1 Å². The highest BCUT2D eigenvalue weighted by atomic mass is 19.4. The van der Waals surface area contributed by atoms with Gasteiger partial charge in [-0.05, 0) is 29.8 Å². The molecular formula is C19H17F3N4O3. The molecular weight excluding hydrogens is 389 g/mol. The minimum atomic E-state index is -4.68. The number of methoxy groups -OCH3 is 1. The SMILES string of the molecule is COc1ccc([C@@H](Nc2ccc(C(F)(F)F)cc2[N+](=O)[O-])c2nccn2C)cc1. The van der Waals surface area contributed by atoms with Crippen molar-refractivity contribution in [2.75, 3.05) is 12.4 Å². The van der Waals surface area contributed by atoms with E-state index >= 15 is 0 Å². The van der Waals surface area contributed by atoms with Gasteiger partial charge in [-0.2, -0.15) is 13.2 Å². The highest BCUT2D eigenvalue weighted by molar-refractivity contribution is 5.64. The molecule has 7 nitrogen and oxygen atoms in total. The molecule has 0 radical (unpaired) electrons. The number of nitrogens with zero attached hydrogens (tertiary/aromatic N) is 3. The van der Waals surface area contributed by atoms with E-state index in [1.165, 1.54) is 7.11 Å². The molecule has 0 aliphatic heterocycles. The lowest BCUT2D eigenvalue weighted by atomic mass is 10.0. The number of nitrogens with one attached hydrogen (secondary N) is 1. The number of imidazole rings is 1. The van der Waals surface area contributed by atoms with E-state index in [4.69, 9.17) is 4.74 Å². The third-order valence-electron chi connectivity index (χ3n) is 4.39. The van der Waals surface area contributed by atoms with E-state index in [9.17, 15) is 23.3 Å². The summed E-state index contributed by atoms with van der Waals surface area (Å²) in [6, 6.07) is 8.67. The maximum absolute atomic E-state index is 13.0. The molecule has 0 fully saturated rings. The maximum Gasteiger partial charge on any atom is 0.416 e. The van der Waals surface area contributed by atoms with Gasteiger partial charge in [-0.3, -0.25) is 10.1 Å². The highest BCUT2D eigenvalue weighted by Gasteiger charge is 2.33. The van der Waals surface area contributed by atoms with E-state index in [1.807, 2.05) is 0 Å². The molecule has 0 aliphatic rings. The molecule has 0 spiro atoms. The van der Waals surface area contributed by atoms with E-state index in [0.717, 1.165) is 12.1 Å². The van der Waals surface area contributed by atoms with Crippen LogP contribution in [0.25, 0.3) is 0 Å². The summed E-state index contributed by atoms with van der Waals surface area (Å²) < 4.78 is 45.8. The second-order valence-corrected chi connectivity index (χ2v) is 6.23. The van der Waals surface area contributed by atoms with Crippen molar-refractivity contribution < 1.29 is 22.8 Å². The summed E-state index contributed by atoms with van der Waals surface area (Å²) in [5, 5.41) is 14.4. The average Bonchev–Trinajstić information content (AvgIpc) is 3.11. The first-order valence-electron chi connectivity index (χ1n) is 8.44. The lowest BCUT2D eigenvalue weighted by Gasteiger charge is -2.21. The first kappa shape index (κ1) is 20.2. The Balaban J connectivity index is 2.06. The standard InChI is InChI=1S/C19H17F3N4O3/c1-25-10-9-23-18(25)17(12-3-6-14(29-2)7-4-12)24-15-8-5-13(19(20,21)22)11-16(15)26(27)28/h3-11,17,24H,1-2H3/t17-/m1/s1. The van der Waals surface area contributed by atoms with Gasteiger partial charge < -0.3 is 14.6 Å². The van der Waals surface area contributed by atoms with E-state index in [-0.39, 0.29) is 5.69 Å². The fraction of sp³-hybridized carbons (Fsp3) is 0.211. The largest absolute Gasteiger partial charge is 0.497 e. The van der Waals surface area contributed by atoms with E-state index in [0.29, 0.717) is 23.2 Å². The second kappa shape index (κ2) is 7.82. The van der Waals surface area contributed by atoms with Gasteiger partial charge in [0.2, 0.25) is 0 Å². The molecule has 0 amide bonds. The Morgan fingerprint density at radius 1 is 1.21 bits per heavy atom. The van der Waals surface area contributed by atoms with Crippen LogP contribution < -0.4 is 10.1 Å². The molecule has 3 rings (SSSR count). The molecule has 1 atom stereocenters. The second-order valence-electron chi connectivity index (χ2n) is 6.23. The molecule has 10 heteroatoms. The van der Waals surface area contributed by atoms with Gasteiger partial charge >= 0.3 is 6.18 Å². The summed E-state index contributed by atoms with van der Waals surface area (Å²) in [4.78, 5) is 14.9. The molecule has 1 heterocycles. The number of anilines is 1. The van der Waals surface area contributed by atoms with Gasteiger partial charge in [0.05, 0.1) is 17.6 Å². The molecule has 0 saturated carbocycles. The zero-order valence-corrected chi connectivity index (χ0v) is 15.5. The van der Waals surface area contributed by atoms with Crippen LogP contribution in [-0.4, -0.2) is 21.6 Å². The third-order valence-corrected chi connectivity index (χ3v) is 4.39. The van der Waals surface area contributed by atoms with Crippen LogP contribution >= 0.6 is 0 Å². The zero-order chi connectivity index (χ0) is 21.2. The van der Waals surface area contributed by atoms with Crippen molar-refractivity contribution in [2.45, 2.75) is 12.2 Å². The Hall–Kier alpha value is -3.56. The fourth-order valence-electron chi connectivity index (χ4n) is 2.89. The molecule has 0 bridgehead atoms. The number of alkyl halides is 3. The van der Waals surface area contributed by atoms with Crippen LogP contribution in [0, 0.1) is 10.1 Å². The monoisotopic (exact) mass is 406 g/mol. The van der Waals surface area contributed by atoms with Crippen molar-refractivity contribution in [2.24, 2.45) is 7.05 Å². The first-order valence-corrected chi connectivity index (χ1v) is 8.44. The number of hydrogen-bond donors (Lipinski definition) is 1. The fourth-order valence-corrected chi connectivity index (χ4v) is 2.89. The normalized spacial score (nSPS) is 12.4. The average molecular weight is 406 g/mol. The number of aryl methyl sites for hydroxylation is 1. The number of halogens is 3. The van der Waals surface area contributed by atoms with Gasteiger partial charge in [0.25, 0.3) is 5.69 Å². The van der Waals surface area contributed by atoms with Crippen molar-refractivity contribution in [3.63, 3.8) is 0 Å². The number of benzene rings is 2. The Morgan fingerprint density at radius 2 is 1.90 bits per heavy atom. The molecule has 29 heavy (non-hydrogen) atoms. The van der Waals surface area contributed by atoms with E-state index in [1.54, 1.807) is 48.3 Å². The van der Waals surface area contributed by atoms with Crippen LogP contribution in [0.5, 0.6) is 5.75 Å². The van der Waals surface area contributed by atoms with Crippen molar-refractivity contribution in [3.8, 4) is 5.75 Å². The lowest BCUT2D eigenvalue weighted by molar-refractivity contribution is -0.384. The van der Waals surface area contributed by atoms with Gasteiger partial charge in [0.1, 0.15) is 23.3 Å². The molecule has 2 aromatic carbocycles. The van der Waals surface area contributed by atoms with Gasteiger partial charge in [0, 0.05) is 25.5 Å². The summed E-state index contributed by atoms with van der Waals surface area (Å²) in [5.74, 6) is 1.15. The van der Waals surface area contributed by atoms with E-state index in [2.05, 4.69) is 10.3 Å². The molecule has 0 saturated heterocycles. The molecule has 0 aliphatic carbocycles. The predicted octanol–water partition coefficient (Wildman–Crippen LogP) is 4.56. The molecule has 0 unspecified atom stereocenters. The highest BCUT2D eigenvalue weighted by Crippen LogP contribution is 2.37. The molecule has 3 aromatic rings. The number of nitro benzene ring substituents is 1. The van der Waals surface area contributed by atoms with Crippen LogP contribution in [0.4, 0.5) is 24.5 Å². The number of nitro groups is 1. The van der Waals surface area contributed by atoms with Gasteiger partial charge in [0.15, 0.2) is 0 Å². The number of aromatic nitrogens is 2. The Morgan fingerprint density at radius 3 is 2.41 bits per heavy atom. The summed E-state index contributed by atoms with van der Waals surface area (Å²) in [6.07, 6.45) is -1.41. The Bertz CT molecular complexity index is 1020. The van der Waals surface area contributed by atoms with Crippen LogP contribution in [0.2, 0.25) is 0 Å². The van der Waals surface area contributed by atoms with Crippen LogP contribution in [0.3, 0.4) is 0 Å². The van der Waals surface area contributed by atoms with Crippen molar-refractivity contribution in [1.82, 2.24) is 9.55 Å². The minimum Gasteiger partial charge on any atom is -0.497 e. The van der Waals surface area contributed by atoms with Gasteiger partial charge in [-0.15, -0.1) is 0 Å². The van der Waals surface area contributed by atoms with Crippen LogP contribution in [0.15, 0.2) is 54.9 Å². The summed E-state index contributed by atoms with van der Waals surface area (Å²) >= 11 is 0. The summed E-state index contributed by atoms with van der Waals surface area (Å²) in [6.45, 7) is 0. The molecule has 1 aromatic heterocycles. The topological polar surface area (TPSA) is 82.2 Å². The Labute approximate surface area is 163 Å². The molecule has 1 N–H and O–H groups in total. The maximum atomic E-state index is 13.0. The van der Waals surface area contributed by atoms with Crippen molar-refractivity contribution in [1.29, 1.82) is 0 Å². The number of rotatable bonds is 6. The predicted molar refractivity (Wildman–Crippen MR) is 99.8 cm³/mol.